The number of nitrogens with one attached hydrogen (secondary N) is 1. The molecule has 35 heavy (non-hydrogen) atoms. The summed E-state index contributed by atoms with van der Waals surface area (Å²) >= 11 is 0. The first kappa shape index (κ1) is 23.9. The van der Waals surface area contributed by atoms with Crippen LogP contribution in [0.15, 0.2) is 55.1 Å². The number of aryl methyl sites for hydroxylation is 1. The fourth-order valence-corrected chi connectivity index (χ4v) is 4.29. The third-order valence-electron chi connectivity index (χ3n) is 4.97. The summed E-state index contributed by atoms with van der Waals surface area (Å²) in [6, 6.07) is 8.75. The molecule has 0 aliphatic heterocycles. The maximum absolute atomic E-state index is 13.0. The van der Waals surface area contributed by atoms with Crippen LogP contribution in [-0.4, -0.2) is 65.2 Å². The number of hydrogen-bond acceptors (Lipinski definition) is 10. The maximum atomic E-state index is 13.0. The largest absolute Gasteiger partial charge is 0.494 e. The van der Waals surface area contributed by atoms with Gasteiger partial charge in [0.15, 0.2) is 5.82 Å². The zero-order valence-electron chi connectivity index (χ0n) is 19.2. The van der Waals surface area contributed by atoms with E-state index in [9.17, 15) is 8.42 Å². The Labute approximate surface area is 202 Å². The number of rotatable bonds is 10. The standard InChI is InChI=1S/C22H23N7O5S/c1-32-17-7-4-8-18(33-2)20(17)29-21(15-6-5-10-23-12-15)26-27-22(29)28-35(30,31)11-9-16-13-25-19(34-3)14-24-16/h4-8,10,12-14H,9,11H2,1-3H3,(H,27,28). The molecule has 1 N–H and O–H groups in total. The lowest BCUT2D eigenvalue weighted by molar-refractivity contribution is 0.391. The summed E-state index contributed by atoms with van der Waals surface area (Å²) < 4.78 is 46.1. The summed E-state index contributed by atoms with van der Waals surface area (Å²) in [6.45, 7) is 0. The van der Waals surface area contributed by atoms with Gasteiger partial charge in [-0.15, -0.1) is 10.2 Å². The molecule has 3 aromatic heterocycles. The fourth-order valence-electron chi connectivity index (χ4n) is 3.30. The van der Waals surface area contributed by atoms with Gasteiger partial charge in [-0.25, -0.2) is 13.4 Å². The van der Waals surface area contributed by atoms with Gasteiger partial charge < -0.3 is 14.2 Å². The molecule has 12 nitrogen and oxygen atoms in total. The normalized spacial score (nSPS) is 11.2. The lowest BCUT2D eigenvalue weighted by Gasteiger charge is -2.17. The van der Waals surface area contributed by atoms with Crippen molar-refractivity contribution in [3.05, 3.63) is 60.8 Å². The molecular weight excluding hydrogens is 474 g/mol. The molecule has 0 aliphatic carbocycles. The number of ether oxygens (including phenoxy) is 3. The Kier molecular flexibility index (Phi) is 7.06. The van der Waals surface area contributed by atoms with E-state index >= 15 is 0 Å². The molecule has 0 saturated heterocycles. The summed E-state index contributed by atoms with van der Waals surface area (Å²) in [5.74, 6) is 1.27. The highest BCUT2D eigenvalue weighted by Gasteiger charge is 2.25. The summed E-state index contributed by atoms with van der Waals surface area (Å²) in [4.78, 5) is 12.3. The van der Waals surface area contributed by atoms with Gasteiger partial charge in [-0.1, -0.05) is 6.07 Å². The van der Waals surface area contributed by atoms with Gasteiger partial charge in [0.05, 0.1) is 45.2 Å². The molecule has 0 radical (unpaired) electrons. The second-order valence-electron chi connectivity index (χ2n) is 7.16. The summed E-state index contributed by atoms with van der Waals surface area (Å²) in [5, 5.41) is 8.36. The highest BCUT2D eigenvalue weighted by Crippen LogP contribution is 2.37. The fraction of sp³-hybridized carbons (Fsp3) is 0.227. The lowest BCUT2D eigenvalue weighted by Crippen LogP contribution is -2.21. The first-order chi connectivity index (χ1) is 17.0. The molecule has 4 rings (SSSR count). The minimum absolute atomic E-state index is 0.0348. The molecule has 0 bridgehead atoms. The topological polar surface area (TPSA) is 143 Å². The van der Waals surface area contributed by atoms with Gasteiger partial charge in [0.1, 0.15) is 17.2 Å². The van der Waals surface area contributed by atoms with Gasteiger partial charge in [0.25, 0.3) is 0 Å². The molecule has 0 saturated carbocycles. The highest BCUT2D eigenvalue weighted by molar-refractivity contribution is 7.92. The second kappa shape index (κ2) is 10.3. The third kappa shape index (κ3) is 5.30. The minimum Gasteiger partial charge on any atom is -0.494 e. The van der Waals surface area contributed by atoms with E-state index in [1.807, 2.05) is 0 Å². The first-order valence-electron chi connectivity index (χ1n) is 10.4. The van der Waals surface area contributed by atoms with Gasteiger partial charge in [0, 0.05) is 24.4 Å². The van der Waals surface area contributed by atoms with E-state index in [0.29, 0.717) is 40.1 Å². The van der Waals surface area contributed by atoms with Gasteiger partial charge in [-0.05, 0) is 24.3 Å². The van der Waals surface area contributed by atoms with E-state index in [-0.39, 0.29) is 18.1 Å². The Morgan fingerprint density at radius 2 is 1.69 bits per heavy atom. The van der Waals surface area contributed by atoms with Gasteiger partial charge in [-0.2, -0.15) is 0 Å². The molecule has 4 aromatic rings. The van der Waals surface area contributed by atoms with Crippen molar-refractivity contribution in [2.45, 2.75) is 6.42 Å². The molecular formula is C22H23N7O5S. The van der Waals surface area contributed by atoms with E-state index in [2.05, 4.69) is 29.9 Å². The number of benzene rings is 1. The van der Waals surface area contributed by atoms with Gasteiger partial charge in [-0.3, -0.25) is 19.3 Å². The summed E-state index contributed by atoms with van der Waals surface area (Å²) in [7, 11) is 0.632. The predicted octanol–water partition coefficient (Wildman–Crippen LogP) is 2.13. The Morgan fingerprint density at radius 3 is 2.29 bits per heavy atom. The van der Waals surface area contributed by atoms with Crippen LogP contribution >= 0.6 is 0 Å². The first-order valence-corrected chi connectivity index (χ1v) is 12.0. The van der Waals surface area contributed by atoms with E-state index < -0.39 is 10.0 Å². The van der Waals surface area contributed by atoms with E-state index in [0.717, 1.165) is 0 Å². The Hall–Kier alpha value is -4.26. The van der Waals surface area contributed by atoms with Crippen LogP contribution in [0.4, 0.5) is 5.95 Å². The van der Waals surface area contributed by atoms with Crippen LogP contribution in [0, 0.1) is 0 Å². The number of anilines is 1. The molecule has 13 heteroatoms. The number of hydrogen-bond donors (Lipinski definition) is 1. The van der Waals surface area contributed by atoms with Crippen LogP contribution in [0.5, 0.6) is 17.4 Å². The van der Waals surface area contributed by atoms with Crippen molar-refractivity contribution in [3.63, 3.8) is 0 Å². The van der Waals surface area contributed by atoms with Crippen molar-refractivity contribution in [3.8, 4) is 34.5 Å². The molecule has 3 heterocycles. The van der Waals surface area contributed by atoms with Crippen molar-refractivity contribution < 1.29 is 22.6 Å². The number of methoxy groups -OCH3 is 3. The van der Waals surface area contributed by atoms with Gasteiger partial charge >= 0.3 is 0 Å². The third-order valence-corrected chi connectivity index (χ3v) is 6.21. The summed E-state index contributed by atoms with van der Waals surface area (Å²) in [6.07, 6.45) is 6.26. The van der Waals surface area contributed by atoms with Crippen molar-refractivity contribution in [2.24, 2.45) is 0 Å². The van der Waals surface area contributed by atoms with Crippen LogP contribution in [0.2, 0.25) is 0 Å². The van der Waals surface area contributed by atoms with Crippen LogP contribution in [0.1, 0.15) is 5.69 Å². The van der Waals surface area contributed by atoms with Crippen molar-refractivity contribution >= 4 is 16.0 Å². The number of nitrogens with zero attached hydrogens (tertiary/aromatic N) is 6. The predicted molar refractivity (Wildman–Crippen MR) is 127 cm³/mol. The SMILES string of the molecule is COc1cnc(CCS(=O)(=O)Nc2nnc(-c3cccnc3)n2-c2c(OC)cccc2OC)cn1. The zero-order valence-corrected chi connectivity index (χ0v) is 20.1. The molecule has 1 aromatic carbocycles. The molecule has 182 valence electrons. The van der Waals surface area contributed by atoms with Crippen molar-refractivity contribution in [2.75, 3.05) is 31.8 Å². The maximum Gasteiger partial charge on any atom is 0.243 e. The number of para-hydroxylation sites is 1. The highest BCUT2D eigenvalue weighted by atomic mass is 32.2. The Morgan fingerprint density at radius 1 is 0.914 bits per heavy atom. The molecule has 0 amide bonds. The van der Waals surface area contributed by atoms with Crippen molar-refractivity contribution in [1.82, 2.24) is 29.7 Å². The average molecular weight is 498 g/mol. The van der Waals surface area contributed by atoms with E-state index in [1.165, 1.54) is 38.3 Å². The number of aromatic nitrogens is 6. The Balaban J connectivity index is 1.72. The Bertz CT molecular complexity index is 1370. The van der Waals surface area contributed by atoms with Crippen LogP contribution in [0.3, 0.4) is 0 Å². The zero-order chi connectivity index (χ0) is 24.8. The number of sulfonamides is 1. The molecule has 0 unspecified atom stereocenters. The van der Waals surface area contributed by atoms with Crippen LogP contribution < -0.4 is 18.9 Å². The quantitative estimate of drug-likeness (QED) is 0.346. The van der Waals surface area contributed by atoms with E-state index in [4.69, 9.17) is 14.2 Å². The lowest BCUT2D eigenvalue weighted by atomic mass is 10.2. The molecule has 0 atom stereocenters. The number of pyridine rings is 1. The van der Waals surface area contributed by atoms with E-state index in [1.54, 1.807) is 42.7 Å². The van der Waals surface area contributed by atoms with Crippen LogP contribution in [0.25, 0.3) is 17.1 Å². The smallest absolute Gasteiger partial charge is 0.243 e. The molecule has 0 fully saturated rings. The van der Waals surface area contributed by atoms with Crippen LogP contribution in [-0.2, 0) is 16.4 Å². The summed E-state index contributed by atoms with van der Waals surface area (Å²) in [5.41, 5.74) is 1.55. The second-order valence-corrected chi connectivity index (χ2v) is 9.00. The minimum atomic E-state index is -3.86. The average Bonchev–Trinajstić information content (AvgIpc) is 3.29. The molecule has 0 spiro atoms. The molecule has 0 aliphatic rings. The monoisotopic (exact) mass is 497 g/mol. The van der Waals surface area contributed by atoms with Gasteiger partial charge in [0.2, 0.25) is 21.9 Å². The van der Waals surface area contributed by atoms with Crippen molar-refractivity contribution in [1.29, 1.82) is 0 Å².